The largest absolute Gasteiger partial charge is 0.491 e. The number of benzene rings is 1. The minimum atomic E-state index is -5.56. The van der Waals surface area contributed by atoms with Gasteiger partial charge in [0.25, 0.3) is 0 Å². The van der Waals surface area contributed by atoms with Gasteiger partial charge in [-0.15, -0.1) is 0 Å². The first-order valence-electron chi connectivity index (χ1n) is 12.8. The fourth-order valence-corrected chi connectivity index (χ4v) is 3.42. The van der Waals surface area contributed by atoms with Gasteiger partial charge in [0, 0.05) is 20.3 Å². The zero-order chi connectivity index (χ0) is 31.3. The topological polar surface area (TPSA) is 144 Å². The first-order valence-corrected chi connectivity index (χ1v) is 14.2. The van der Waals surface area contributed by atoms with E-state index < -0.39 is 34.1 Å². The second-order valence-electron chi connectivity index (χ2n) is 8.07. The standard InChI is InChI=1S/C25H39F3O13S/c1-32-4-6-35-8-10-37-12-14-39-21-16-20(24(29)41-19-23(26)25(27,28)42(30,31)34-3)17-22(18-21)40-15-13-38-11-9-36-7-5-33-2/h16-18,23H,4-15,19H2,1-3H3. The van der Waals surface area contributed by atoms with E-state index >= 15 is 0 Å². The van der Waals surface area contributed by atoms with Gasteiger partial charge in [-0.2, -0.15) is 17.2 Å². The van der Waals surface area contributed by atoms with Gasteiger partial charge < -0.3 is 42.6 Å². The Labute approximate surface area is 243 Å². The average Bonchev–Trinajstić information content (AvgIpc) is 2.97. The van der Waals surface area contributed by atoms with Gasteiger partial charge in [0.05, 0.1) is 78.7 Å². The SMILES string of the molecule is COCCOCCOCCOc1cc(OCCOCCOCCOC)cc(C(=O)OCC(F)C(F)(F)S(=O)(=O)OC)c1. The summed E-state index contributed by atoms with van der Waals surface area (Å²) in [6, 6.07) is 3.89. The lowest BCUT2D eigenvalue weighted by atomic mass is 10.2. The van der Waals surface area contributed by atoms with Gasteiger partial charge in [0.2, 0.25) is 6.17 Å². The maximum Gasteiger partial charge on any atom is 0.403 e. The van der Waals surface area contributed by atoms with Crippen LogP contribution in [-0.2, 0) is 47.5 Å². The summed E-state index contributed by atoms with van der Waals surface area (Å²) in [5, 5.41) is -4.94. The second kappa shape index (κ2) is 21.4. The van der Waals surface area contributed by atoms with E-state index in [2.05, 4.69) is 8.92 Å². The van der Waals surface area contributed by atoms with Crippen molar-refractivity contribution in [2.75, 3.05) is 107 Å². The molecule has 0 fully saturated rings. The number of methoxy groups -OCH3 is 2. The highest BCUT2D eigenvalue weighted by Crippen LogP contribution is 2.30. The van der Waals surface area contributed by atoms with E-state index in [1.54, 1.807) is 14.2 Å². The number of esters is 1. The van der Waals surface area contributed by atoms with Crippen LogP contribution < -0.4 is 9.47 Å². The van der Waals surface area contributed by atoms with E-state index in [4.69, 9.17) is 37.9 Å². The molecule has 0 saturated heterocycles. The van der Waals surface area contributed by atoms with Crippen molar-refractivity contribution in [2.24, 2.45) is 0 Å². The monoisotopic (exact) mass is 636 g/mol. The summed E-state index contributed by atoms with van der Waals surface area (Å²) < 4.78 is 115. The lowest BCUT2D eigenvalue weighted by Crippen LogP contribution is -2.42. The Morgan fingerprint density at radius 1 is 0.714 bits per heavy atom. The summed E-state index contributed by atoms with van der Waals surface area (Å²) in [7, 11) is -1.98. The van der Waals surface area contributed by atoms with Crippen LogP contribution in [0.4, 0.5) is 13.2 Å². The summed E-state index contributed by atoms with van der Waals surface area (Å²) in [4.78, 5) is 12.5. The minimum Gasteiger partial charge on any atom is -0.491 e. The van der Waals surface area contributed by atoms with Gasteiger partial charge in [0.15, 0.2) is 0 Å². The van der Waals surface area contributed by atoms with Crippen molar-refractivity contribution >= 4 is 16.1 Å². The number of ether oxygens (including phenoxy) is 9. The Kier molecular flexibility index (Phi) is 19.3. The average molecular weight is 637 g/mol. The van der Waals surface area contributed by atoms with E-state index in [0.717, 1.165) is 0 Å². The van der Waals surface area contributed by atoms with E-state index in [1.807, 2.05) is 0 Å². The molecule has 0 radical (unpaired) electrons. The lowest BCUT2D eigenvalue weighted by molar-refractivity contribution is -0.0368. The zero-order valence-corrected chi connectivity index (χ0v) is 24.7. The van der Waals surface area contributed by atoms with Crippen molar-refractivity contribution < 1.29 is 73.2 Å². The van der Waals surface area contributed by atoms with Gasteiger partial charge >= 0.3 is 21.3 Å². The third-order valence-corrected chi connectivity index (χ3v) is 6.36. The Hall–Kier alpha value is -2.25. The molecule has 0 spiro atoms. The number of alkyl halides is 3. The van der Waals surface area contributed by atoms with Gasteiger partial charge in [-0.1, -0.05) is 0 Å². The van der Waals surface area contributed by atoms with Gasteiger partial charge in [-0.3, -0.25) is 4.18 Å². The highest BCUT2D eigenvalue weighted by atomic mass is 32.2. The number of rotatable bonds is 26. The number of carbonyl (C=O) groups excluding carboxylic acids is 1. The van der Waals surface area contributed by atoms with Crippen molar-refractivity contribution in [2.45, 2.75) is 11.4 Å². The van der Waals surface area contributed by atoms with Crippen LogP contribution in [-0.4, -0.2) is 133 Å². The quantitative estimate of drug-likeness (QED) is 0.0830. The molecule has 1 unspecified atom stereocenters. The van der Waals surface area contributed by atoms with Crippen molar-refractivity contribution in [1.82, 2.24) is 0 Å². The number of hydrogen-bond donors (Lipinski definition) is 0. The Morgan fingerprint density at radius 3 is 1.52 bits per heavy atom. The summed E-state index contributed by atoms with van der Waals surface area (Å²) in [5.74, 6) is -0.959. The van der Waals surface area contributed by atoms with Crippen LogP contribution in [0.2, 0.25) is 0 Å². The predicted octanol–water partition coefficient (Wildman–Crippen LogP) is 1.87. The Balaban J connectivity index is 2.72. The van der Waals surface area contributed by atoms with Gasteiger partial charge in [-0.05, 0) is 12.1 Å². The number of carbonyl (C=O) groups is 1. The van der Waals surface area contributed by atoms with E-state index in [-0.39, 0.29) is 43.5 Å². The van der Waals surface area contributed by atoms with Crippen LogP contribution in [0.5, 0.6) is 11.5 Å². The summed E-state index contributed by atoms with van der Waals surface area (Å²) in [6.45, 7) is 2.01. The molecule has 17 heteroatoms. The lowest BCUT2D eigenvalue weighted by Gasteiger charge is -2.19. The molecule has 1 aromatic rings. The number of hydrogen-bond acceptors (Lipinski definition) is 13. The van der Waals surface area contributed by atoms with Crippen LogP contribution in [0.1, 0.15) is 10.4 Å². The van der Waals surface area contributed by atoms with E-state index in [0.29, 0.717) is 60.0 Å². The molecule has 0 aliphatic heterocycles. The predicted molar refractivity (Wildman–Crippen MR) is 141 cm³/mol. The molecule has 0 saturated carbocycles. The van der Waals surface area contributed by atoms with Crippen LogP contribution in [0.15, 0.2) is 18.2 Å². The van der Waals surface area contributed by atoms with Crippen molar-refractivity contribution in [1.29, 1.82) is 0 Å². The molecule has 0 amide bonds. The highest BCUT2D eigenvalue weighted by molar-refractivity contribution is 7.87. The van der Waals surface area contributed by atoms with Crippen LogP contribution in [0.25, 0.3) is 0 Å². The normalized spacial score (nSPS) is 12.7. The van der Waals surface area contributed by atoms with Crippen molar-refractivity contribution in [3.05, 3.63) is 23.8 Å². The van der Waals surface area contributed by atoms with Crippen molar-refractivity contribution in [3.8, 4) is 11.5 Å². The van der Waals surface area contributed by atoms with Crippen LogP contribution in [0, 0.1) is 0 Å². The molecule has 0 heterocycles. The second-order valence-corrected chi connectivity index (χ2v) is 9.86. The summed E-state index contributed by atoms with van der Waals surface area (Å²) >= 11 is 0. The number of halogens is 3. The molecule has 0 aliphatic carbocycles. The minimum absolute atomic E-state index is 0.0653. The first kappa shape index (κ1) is 37.8. The molecule has 1 atom stereocenters. The molecular weight excluding hydrogens is 597 g/mol. The third kappa shape index (κ3) is 14.8. The molecule has 0 aromatic heterocycles. The van der Waals surface area contributed by atoms with Crippen LogP contribution >= 0.6 is 0 Å². The van der Waals surface area contributed by atoms with Gasteiger partial charge in [-0.25, -0.2) is 9.18 Å². The Bertz CT molecular complexity index is 942. The van der Waals surface area contributed by atoms with Crippen molar-refractivity contribution in [3.63, 3.8) is 0 Å². The maximum absolute atomic E-state index is 14.0. The fraction of sp³-hybridized carbons (Fsp3) is 0.720. The molecule has 42 heavy (non-hydrogen) atoms. The molecular formula is C25H39F3O13S. The van der Waals surface area contributed by atoms with E-state index in [1.165, 1.54) is 18.2 Å². The van der Waals surface area contributed by atoms with E-state index in [9.17, 15) is 26.4 Å². The maximum atomic E-state index is 14.0. The van der Waals surface area contributed by atoms with Crippen LogP contribution in [0.3, 0.4) is 0 Å². The highest BCUT2D eigenvalue weighted by Gasteiger charge is 2.54. The molecule has 0 bridgehead atoms. The molecule has 1 rings (SSSR count). The van der Waals surface area contributed by atoms with Gasteiger partial charge in [0.1, 0.15) is 31.3 Å². The first-order chi connectivity index (χ1) is 20.1. The molecule has 0 aliphatic rings. The summed E-state index contributed by atoms with van der Waals surface area (Å²) in [6.07, 6.45) is -3.38. The zero-order valence-electron chi connectivity index (χ0n) is 23.9. The molecule has 1 aromatic carbocycles. The molecule has 244 valence electrons. The third-order valence-electron chi connectivity index (χ3n) is 4.99. The molecule has 0 N–H and O–H groups in total. The smallest absolute Gasteiger partial charge is 0.403 e. The Morgan fingerprint density at radius 2 is 1.12 bits per heavy atom. The molecule has 13 nitrogen and oxygen atoms in total. The summed E-state index contributed by atoms with van der Waals surface area (Å²) in [5.41, 5.74) is -0.229. The fourth-order valence-electron chi connectivity index (χ4n) is 2.82.